The number of benzene rings is 1. The highest BCUT2D eigenvalue weighted by Gasteiger charge is 2.22. The minimum absolute atomic E-state index is 0.0202. The van der Waals surface area contributed by atoms with Crippen LogP contribution in [0.4, 0.5) is 0 Å². The maximum absolute atomic E-state index is 12.3. The average Bonchev–Trinajstić information content (AvgIpc) is 2.77. The SMILES string of the molecule is Cc1nn(C)c(Cl)c1C(=O)OCc1cc(Cl)cc2c1OCOC2. The fourth-order valence-electron chi connectivity index (χ4n) is 2.44. The largest absolute Gasteiger partial charge is 0.467 e. The molecule has 0 saturated carbocycles. The summed E-state index contributed by atoms with van der Waals surface area (Å²) in [5, 5.41) is 4.86. The van der Waals surface area contributed by atoms with Crippen molar-refractivity contribution in [3.63, 3.8) is 0 Å². The molecule has 6 nitrogen and oxygen atoms in total. The highest BCUT2D eigenvalue weighted by molar-refractivity contribution is 6.32. The number of hydrogen-bond acceptors (Lipinski definition) is 5. The fraction of sp³-hybridized carbons (Fsp3) is 0.333. The molecule has 1 aromatic carbocycles. The summed E-state index contributed by atoms with van der Waals surface area (Å²) in [6.45, 7) is 2.28. The van der Waals surface area contributed by atoms with Crippen LogP contribution in [0.25, 0.3) is 0 Å². The molecule has 3 rings (SSSR count). The van der Waals surface area contributed by atoms with E-state index < -0.39 is 5.97 Å². The van der Waals surface area contributed by atoms with E-state index in [9.17, 15) is 4.79 Å². The quantitative estimate of drug-likeness (QED) is 0.789. The standard InChI is InChI=1S/C15H14Cl2N2O4/c1-8-12(14(17)19(2)18-8)15(20)22-6-10-4-11(16)3-9-5-21-7-23-13(9)10/h3-4H,5-7H2,1-2H3. The summed E-state index contributed by atoms with van der Waals surface area (Å²) in [5.74, 6) is 0.101. The molecule has 2 aromatic rings. The normalized spacial score (nSPS) is 13.4. The van der Waals surface area contributed by atoms with Gasteiger partial charge in [0.2, 0.25) is 0 Å². The second kappa shape index (κ2) is 6.39. The van der Waals surface area contributed by atoms with Crippen molar-refractivity contribution in [3.05, 3.63) is 44.7 Å². The van der Waals surface area contributed by atoms with Gasteiger partial charge in [0, 0.05) is 23.2 Å². The number of rotatable bonds is 3. The maximum atomic E-state index is 12.3. The minimum Gasteiger partial charge on any atom is -0.467 e. The number of halogens is 2. The Morgan fingerprint density at radius 1 is 1.43 bits per heavy atom. The van der Waals surface area contributed by atoms with Crippen LogP contribution < -0.4 is 4.74 Å². The van der Waals surface area contributed by atoms with Gasteiger partial charge >= 0.3 is 5.97 Å². The molecule has 0 bridgehead atoms. The molecule has 122 valence electrons. The number of fused-ring (bicyclic) bond motifs is 1. The van der Waals surface area contributed by atoms with Crippen molar-refractivity contribution in [2.24, 2.45) is 7.05 Å². The second-order valence-corrected chi connectivity index (χ2v) is 5.91. The molecule has 0 unspecified atom stereocenters. The van der Waals surface area contributed by atoms with E-state index in [1.54, 1.807) is 26.1 Å². The van der Waals surface area contributed by atoms with Crippen molar-refractivity contribution < 1.29 is 19.0 Å². The van der Waals surface area contributed by atoms with Crippen LogP contribution >= 0.6 is 23.2 Å². The monoisotopic (exact) mass is 356 g/mol. The lowest BCUT2D eigenvalue weighted by molar-refractivity contribution is -0.0180. The van der Waals surface area contributed by atoms with E-state index in [4.69, 9.17) is 37.4 Å². The van der Waals surface area contributed by atoms with Gasteiger partial charge in [-0.05, 0) is 19.1 Å². The van der Waals surface area contributed by atoms with Crippen LogP contribution in [0.3, 0.4) is 0 Å². The number of esters is 1. The lowest BCUT2D eigenvalue weighted by Gasteiger charge is -2.21. The van der Waals surface area contributed by atoms with E-state index >= 15 is 0 Å². The summed E-state index contributed by atoms with van der Waals surface area (Å²) < 4.78 is 17.5. The number of hydrogen-bond donors (Lipinski definition) is 0. The zero-order chi connectivity index (χ0) is 16.6. The number of aromatic nitrogens is 2. The molecule has 8 heteroatoms. The first kappa shape index (κ1) is 16.1. The van der Waals surface area contributed by atoms with Crippen molar-refractivity contribution in [1.82, 2.24) is 9.78 Å². The molecular formula is C15H14Cl2N2O4. The number of carbonyl (C=O) groups excluding carboxylic acids is 1. The third kappa shape index (κ3) is 3.15. The number of aryl methyl sites for hydroxylation is 2. The van der Waals surface area contributed by atoms with E-state index in [-0.39, 0.29) is 24.1 Å². The molecule has 0 fully saturated rings. The van der Waals surface area contributed by atoms with Crippen LogP contribution in [-0.2, 0) is 29.7 Å². The summed E-state index contributed by atoms with van der Waals surface area (Å²) in [6, 6.07) is 3.47. The third-order valence-corrected chi connectivity index (χ3v) is 4.12. The molecule has 0 radical (unpaired) electrons. The van der Waals surface area contributed by atoms with Crippen molar-refractivity contribution in [2.45, 2.75) is 20.1 Å². The Kier molecular flexibility index (Phi) is 4.48. The first-order valence-corrected chi connectivity index (χ1v) is 7.61. The predicted octanol–water partition coefficient (Wildman–Crippen LogP) is 3.26. The van der Waals surface area contributed by atoms with Gasteiger partial charge in [-0.2, -0.15) is 5.10 Å². The van der Waals surface area contributed by atoms with E-state index in [0.29, 0.717) is 28.6 Å². The Bertz CT molecular complexity index is 773. The molecule has 0 amide bonds. The first-order valence-electron chi connectivity index (χ1n) is 6.85. The van der Waals surface area contributed by atoms with Crippen molar-refractivity contribution in [1.29, 1.82) is 0 Å². The van der Waals surface area contributed by atoms with Gasteiger partial charge < -0.3 is 14.2 Å². The van der Waals surface area contributed by atoms with Gasteiger partial charge in [-0.1, -0.05) is 23.2 Å². The van der Waals surface area contributed by atoms with E-state index in [1.165, 1.54) is 4.68 Å². The van der Waals surface area contributed by atoms with Crippen LogP contribution in [0.1, 0.15) is 27.2 Å². The third-order valence-electron chi connectivity index (χ3n) is 3.47. The van der Waals surface area contributed by atoms with Crippen LogP contribution in [0.15, 0.2) is 12.1 Å². The van der Waals surface area contributed by atoms with Gasteiger partial charge in [0.05, 0.1) is 12.3 Å². The molecule has 0 N–H and O–H groups in total. The summed E-state index contributed by atoms with van der Waals surface area (Å²) in [6.07, 6.45) is 0. The summed E-state index contributed by atoms with van der Waals surface area (Å²) in [5.41, 5.74) is 2.28. The number of ether oxygens (including phenoxy) is 3. The minimum atomic E-state index is -0.540. The molecule has 0 saturated heterocycles. The van der Waals surface area contributed by atoms with Gasteiger partial charge in [0.1, 0.15) is 23.1 Å². The van der Waals surface area contributed by atoms with Gasteiger partial charge in [-0.25, -0.2) is 4.79 Å². The van der Waals surface area contributed by atoms with Crippen molar-refractivity contribution in [2.75, 3.05) is 6.79 Å². The lowest BCUT2D eigenvalue weighted by Crippen LogP contribution is -2.14. The highest BCUT2D eigenvalue weighted by Crippen LogP contribution is 2.32. The Hall–Kier alpha value is -1.76. The van der Waals surface area contributed by atoms with Crippen LogP contribution in [0, 0.1) is 6.92 Å². The Balaban J connectivity index is 1.81. The zero-order valence-electron chi connectivity index (χ0n) is 12.6. The highest BCUT2D eigenvalue weighted by atomic mass is 35.5. The molecule has 1 aliphatic rings. The van der Waals surface area contributed by atoms with E-state index in [2.05, 4.69) is 5.10 Å². The fourth-order valence-corrected chi connectivity index (χ4v) is 2.96. The van der Waals surface area contributed by atoms with Gasteiger partial charge in [-0.15, -0.1) is 0 Å². The molecule has 0 aliphatic carbocycles. The van der Waals surface area contributed by atoms with Crippen LogP contribution in [0.5, 0.6) is 5.75 Å². The molecule has 1 aliphatic heterocycles. The van der Waals surface area contributed by atoms with Gasteiger partial charge in [0.25, 0.3) is 0 Å². The average molecular weight is 357 g/mol. The topological polar surface area (TPSA) is 62.6 Å². The Morgan fingerprint density at radius 3 is 2.91 bits per heavy atom. The summed E-state index contributed by atoms with van der Waals surface area (Å²) in [4.78, 5) is 12.3. The van der Waals surface area contributed by atoms with Crippen LogP contribution in [-0.4, -0.2) is 22.5 Å². The van der Waals surface area contributed by atoms with Gasteiger partial charge in [-0.3, -0.25) is 4.68 Å². The molecule has 2 heterocycles. The number of carbonyl (C=O) groups is 1. The molecule has 0 spiro atoms. The van der Waals surface area contributed by atoms with Crippen molar-refractivity contribution >= 4 is 29.2 Å². The molecule has 0 atom stereocenters. The first-order chi connectivity index (χ1) is 11.0. The van der Waals surface area contributed by atoms with Crippen molar-refractivity contribution in [3.8, 4) is 5.75 Å². The number of nitrogens with zero attached hydrogens (tertiary/aromatic N) is 2. The zero-order valence-corrected chi connectivity index (χ0v) is 14.1. The molecular weight excluding hydrogens is 343 g/mol. The molecule has 1 aromatic heterocycles. The second-order valence-electron chi connectivity index (χ2n) is 5.11. The smallest absolute Gasteiger partial charge is 0.343 e. The maximum Gasteiger partial charge on any atom is 0.343 e. The van der Waals surface area contributed by atoms with E-state index in [0.717, 1.165) is 5.56 Å². The van der Waals surface area contributed by atoms with Gasteiger partial charge in [0.15, 0.2) is 6.79 Å². The van der Waals surface area contributed by atoms with Crippen LogP contribution in [0.2, 0.25) is 10.2 Å². The predicted molar refractivity (Wildman–Crippen MR) is 83.8 cm³/mol. The lowest BCUT2D eigenvalue weighted by atomic mass is 10.1. The summed E-state index contributed by atoms with van der Waals surface area (Å²) >= 11 is 12.2. The Morgan fingerprint density at radius 2 is 2.22 bits per heavy atom. The van der Waals surface area contributed by atoms with E-state index in [1.807, 2.05) is 0 Å². The Labute approximate surface area is 142 Å². The molecule has 23 heavy (non-hydrogen) atoms. The summed E-state index contributed by atoms with van der Waals surface area (Å²) in [7, 11) is 1.66.